The molecule has 1 fully saturated rings. The first-order valence-electron chi connectivity index (χ1n) is 6.56. The Kier molecular flexibility index (Phi) is 4.00. The van der Waals surface area contributed by atoms with Gasteiger partial charge >= 0.3 is 0 Å². The maximum atomic E-state index is 10.8. The van der Waals surface area contributed by atoms with E-state index in [-0.39, 0.29) is 5.60 Å². The lowest BCUT2D eigenvalue weighted by molar-refractivity contribution is -0.152. The summed E-state index contributed by atoms with van der Waals surface area (Å²) in [7, 11) is 0. The smallest absolute Gasteiger partial charge is 0.0737 e. The van der Waals surface area contributed by atoms with Crippen molar-refractivity contribution in [2.24, 2.45) is 0 Å². The highest BCUT2D eigenvalue weighted by atomic mass is 35.5. The number of hydrogen-bond donors (Lipinski definition) is 1. The molecule has 100 valence electrons. The molecule has 0 amide bonds. The average Bonchev–Trinajstić information content (AvgIpc) is 2.28. The van der Waals surface area contributed by atoms with Crippen LogP contribution in [0.5, 0.6) is 0 Å². The van der Waals surface area contributed by atoms with Crippen molar-refractivity contribution in [2.75, 3.05) is 6.61 Å². The van der Waals surface area contributed by atoms with Crippen molar-refractivity contribution >= 4 is 11.6 Å². The Balaban J connectivity index is 2.12. The largest absolute Gasteiger partial charge is 0.389 e. The van der Waals surface area contributed by atoms with Crippen LogP contribution in [0.15, 0.2) is 24.3 Å². The first-order chi connectivity index (χ1) is 8.45. The molecular formula is C15H21ClO2. The second-order valence-corrected chi connectivity index (χ2v) is 6.05. The minimum Gasteiger partial charge on any atom is -0.389 e. The Bertz CT molecular complexity index is 421. The van der Waals surface area contributed by atoms with E-state index in [1.54, 1.807) is 0 Å². The van der Waals surface area contributed by atoms with Gasteiger partial charge in [0.25, 0.3) is 0 Å². The van der Waals surface area contributed by atoms with Crippen LogP contribution in [-0.2, 0) is 11.2 Å². The fourth-order valence-electron chi connectivity index (χ4n) is 2.73. The minimum atomic E-state index is -0.673. The van der Waals surface area contributed by atoms with Crippen LogP contribution in [0, 0.1) is 0 Å². The zero-order valence-electron chi connectivity index (χ0n) is 11.1. The van der Waals surface area contributed by atoms with Gasteiger partial charge in [0.2, 0.25) is 0 Å². The van der Waals surface area contributed by atoms with Gasteiger partial charge in [-0.1, -0.05) is 30.7 Å². The predicted molar refractivity (Wildman–Crippen MR) is 74.0 cm³/mol. The van der Waals surface area contributed by atoms with Gasteiger partial charge < -0.3 is 9.84 Å². The fraction of sp³-hybridized carbons (Fsp3) is 0.600. The van der Waals surface area contributed by atoms with E-state index in [1.807, 2.05) is 24.3 Å². The molecule has 1 aliphatic rings. The summed E-state index contributed by atoms with van der Waals surface area (Å²) in [5.41, 5.74) is 0.213. The van der Waals surface area contributed by atoms with Gasteiger partial charge in [0.05, 0.1) is 17.8 Å². The lowest BCUT2D eigenvalue weighted by Crippen LogP contribution is -2.48. The lowest BCUT2D eigenvalue weighted by atomic mass is 9.78. The Morgan fingerprint density at radius 1 is 1.44 bits per heavy atom. The Labute approximate surface area is 114 Å². The van der Waals surface area contributed by atoms with Crippen molar-refractivity contribution in [3.05, 3.63) is 34.9 Å². The SMILES string of the molecule is CCC1(C)CC(O)(Cc2cccc(Cl)c2)CCO1. The lowest BCUT2D eigenvalue weighted by Gasteiger charge is -2.43. The molecule has 3 heteroatoms. The molecule has 0 aromatic heterocycles. The molecule has 1 aliphatic heterocycles. The van der Waals surface area contributed by atoms with E-state index < -0.39 is 5.60 Å². The highest BCUT2D eigenvalue weighted by Crippen LogP contribution is 2.36. The van der Waals surface area contributed by atoms with Gasteiger partial charge in [-0.25, -0.2) is 0 Å². The van der Waals surface area contributed by atoms with Gasteiger partial charge in [-0.15, -0.1) is 0 Å². The predicted octanol–water partition coefficient (Wildman–Crippen LogP) is 3.59. The van der Waals surface area contributed by atoms with Crippen LogP contribution in [0.2, 0.25) is 5.02 Å². The molecule has 0 spiro atoms. The number of halogens is 1. The van der Waals surface area contributed by atoms with E-state index in [2.05, 4.69) is 13.8 Å². The van der Waals surface area contributed by atoms with E-state index >= 15 is 0 Å². The van der Waals surface area contributed by atoms with Crippen LogP contribution in [0.1, 0.15) is 38.7 Å². The first-order valence-corrected chi connectivity index (χ1v) is 6.93. The van der Waals surface area contributed by atoms with Crippen LogP contribution in [0.3, 0.4) is 0 Å². The highest BCUT2D eigenvalue weighted by molar-refractivity contribution is 6.30. The third-order valence-electron chi connectivity index (χ3n) is 3.89. The van der Waals surface area contributed by atoms with Crippen LogP contribution < -0.4 is 0 Å². The molecule has 0 bridgehead atoms. The van der Waals surface area contributed by atoms with Gasteiger partial charge in [-0.05, 0) is 37.5 Å². The molecule has 0 aliphatic carbocycles. The summed E-state index contributed by atoms with van der Waals surface area (Å²) in [4.78, 5) is 0. The summed E-state index contributed by atoms with van der Waals surface area (Å²) in [5.74, 6) is 0. The quantitative estimate of drug-likeness (QED) is 0.908. The zero-order chi connectivity index (χ0) is 13.2. The first kappa shape index (κ1) is 13.9. The van der Waals surface area contributed by atoms with E-state index in [4.69, 9.17) is 16.3 Å². The molecular weight excluding hydrogens is 248 g/mol. The molecule has 1 aromatic rings. The molecule has 1 aromatic carbocycles. The number of benzene rings is 1. The number of aliphatic hydroxyl groups is 1. The Morgan fingerprint density at radius 3 is 2.89 bits per heavy atom. The molecule has 1 heterocycles. The molecule has 2 rings (SSSR count). The standard InChI is InChI=1S/C15H21ClO2/c1-3-14(2)11-15(17,7-8-18-14)10-12-5-4-6-13(16)9-12/h4-6,9,17H,3,7-8,10-11H2,1-2H3. The number of hydrogen-bond acceptors (Lipinski definition) is 2. The maximum Gasteiger partial charge on any atom is 0.0737 e. The average molecular weight is 269 g/mol. The summed E-state index contributed by atoms with van der Waals surface area (Å²) in [6.07, 6.45) is 2.94. The second-order valence-electron chi connectivity index (χ2n) is 5.61. The van der Waals surface area contributed by atoms with Crippen LogP contribution in [-0.4, -0.2) is 22.9 Å². The summed E-state index contributed by atoms with van der Waals surface area (Å²) in [6.45, 7) is 4.81. The third-order valence-corrected chi connectivity index (χ3v) is 4.13. The third kappa shape index (κ3) is 3.25. The minimum absolute atomic E-state index is 0.203. The summed E-state index contributed by atoms with van der Waals surface area (Å²) in [5, 5.41) is 11.5. The summed E-state index contributed by atoms with van der Waals surface area (Å²) < 4.78 is 5.79. The van der Waals surface area contributed by atoms with Crippen molar-refractivity contribution in [3.8, 4) is 0 Å². The molecule has 0 saturated carbocycles. The van der Waals surface area contributed by atoms with Gasteiger partial charge in [0, 0.05) is 17.9 Å². The van der Waals surface area contributed by atoms with Gasteiger partial charge in [-0.2, -0.15) is 0 Å². The van der Waals surface area contributed by atoms with Crippen molar-refractivity contribution in [3.63, 3.8) is 0 Å². The number of rotatable bonds is 3. The van der Waals surface area contributed by atoms with Crippen molar-refractivity contribution in [1.82, 2.24) is 0 Å². The Hall–Kier alpha value is -0.570. The highest BCUT2D eigenvalue weighted by Gasteiger charge is 2.40. The molecule has 1 saturated heterocycles. The van der Waals surface area contributed by atoms with E-state index in [0.717, 1.165) is 17.0 Å². The van der Waals surface area contributed by atoms with Crippen LogP contribution in [0.25, 0.3) is 0 Å². The van der Waals surface area contributed by atoms with Gasteiger partial charge in [-0.3, -0.25) is 0 Å². The maximum absolute atomic E-state index is 10.8. The second kappa shape index (κ2) is 5.20. The topological polar surface area (TPSA) is 29.5 Å². The fourth-order valence-corrected chi connectivity index (χ4v) is 2.94. The Morgan fingerprint density at radius 2 is 2.22 bits per heavy atom. The molecule has 0 radical (unpaired) electrons. The van der Waals surface area contributed by atoms with Crippen LogP contribution >= 0.6 is 11.6 Å². The normalized spacial score (nSPS) is 32.4. The van der Waals surface area contributed by atoms with Gasteiger partial charge in [0.15, 0.2) is 0 Å². The molecule has 2 unspecified atom stereocenters. The van der Waals surface area contributed by atoms with Crippen molar-refractivity contribution in [2.45, 2.75) is 50.7 Å². The molecule has 1 N–H and O–H groups in total. The van der Waals surface area contributed by atoms with E-state index in [1.165, 1.54) is 0 Å². The van der Waals surface area contributed by atoms with Crippen molar-refractivity contribution < 1.29 is 9.84 Å². The zero-order valence-corrected chi connectivity index (χ0v) is 11.8. The van der Waals surface area contributed by atoms with E-state index in [0.29, 0.717) is 25.9 Å². The monoisotopic (exact) mass is 268 g/mol. The van der Waals surface area contributed by atoms with Crippen molar-refractivity contribution in [1.29, 1.82) is 0 Å². The summed E-state index contributed by atoms with van der Waals surface area (Å²) >= 11 is 5.98. The molecule has 2 atom stereocenters. The number of ether oxygens (including phenoxy) is 1. The van der Waals surface area contributed by atoms with Crippen LogP contribution in [0.4, 0.5) is 0 Å². The molecule has 18 heavy (non-hydrogen) atoms. The van der Waals surface area contributed by atoms with Gasteiger partial charge in [0.1, 0.15) is 0 Å². The summed E-state index contributed by atoms with van der Waals surface area (Å²) in [6, 6.07) is 7.73. The van der Waals surface area contributed by atoms with E-state index in [9.17, 15) is 5.11 Å². The molecule has 2 nitrogen and oxygen atoms in total.